The highest BCUT2D eigenvalue weighted by atomic mass is 16.5. The molecule has 3 N–H and O–H groups in total. The van der Waals surface area contributed by atoms with E-state index in [2.05, 4.69) is 10.6 Å². The number of phenols is 1. The average molecular weight is 374 g/mol. The van der Waals surface area contributed by atoms with E-state index >= 15 is 0 Å². The second-order valence-electron chi connectivity index (χ2n) is 9.03. The molecule has 1 heterocycles. The van der Waals surface area contributed by atoms with Gasteiger partial charge in [-0.3, -0.25) is 0 Å². The van der Waals surface area contributed by atoms with E-state index in [9.17, 15) is 14.7 Å². The van der Waals surface area contributed by atoms with Gasteiger partial charge in [0.1, 0.15) is 5.75 Å². The van der Waals surface area contributed by atoms with Crippen LogP contribution in [0.3, 0.4) is 0 Å². The Hall–Kier alpha value is -2.50. The molecular formula is C21H30N2O4. The largest absolute Gasteiger partial charge is 0.507 e. The molecule has 0 unspecified atom stereocenters. The number of aromatic hydroxyl groups is 1. The molecule has 148 valence electrons. The minimum Gasteiger partial charge on any atom is -0.507 e. The lowest BCUT2D eigenvalue weighted by atomic mass is 9.77. The summed E-state index contributed by atoms with van der Waals surface area (Å²) in [5.74, 6) is -0.257. The Morgan fingerprint density at radius 2 is 1.56 bits per heavy atom. The first-order chi connectivity index (χ1) is 12.3. The fraction of sp³-hybridized carbons (Fsp3) is 0.524. The van der Waals surface area contributed by atoms with E-state index in [0.29, 0.717) is 11.3 Å². The van der Waals surface area contributed by atoms with Gasteiger partial charge in [0.05, 0.1) is 18.7 Å². The lowest BCUT2D eigenvalue weighted by molar-refractivity contribution is -0.136. The first-order valence-electron chi connectivity index (χ1n) is 9.01. The summed E-state index contributed by atoms with van der Waals surface area (Å²) in [5, 5.41) is 16.3. The predicted octanol–water partition coefficient (Wildman–Crippen LogP) is 3.79. The van der Waals surface area contributed by atoms with Crippen LogP contribution in [0.2, 0.25) is 0 Å². The molecule has 0 bridgehead atoms. The smallest absolute Gasteiger partial charge is 0.337 e. The van der Waals surface area contributed by atoms with E-state index in [1.54, 1.807) is 6.92 Å². The molecule has 27 heavy (non-hydrogen) atoms. The van der Waals surface area contributed by atoms with Crippen molar-refractivity contribution in [1.29, 1.82) is 0 Å². The number of amides is 2. The van der Waals surface area contributed by atoms with Gasteiger partial charge in [0.15, 0.2) is 0 Å². The number of nitrogens with one attached hydrogen (secondary N) is 2. The number of urea groups is 1. The van der Waals surface area contributed by atoms with Crippen LogP contribution in [0.5, 0.6) is 5.75 Å². The first-order valence-corrected chi connectivity index (χ1v) is 9.01. The first kappa shape index (κ1) is 20.8. The summed E-state index contributed by atoms with van der Waals surface area (Å²) in [6.45, 7) is 13.8. The highest BCUT2D eigenvalue weighted by Crippen LogP contribution is 2.42. The average Bonchev–Trinajstić information content (AvgIpc) is 2.51. The van der Waals surface area contributed by atoms with Gasteiger partial charge < -0.3 is 20.5 Å². The number of carbonyl (C=O) groups excluding carboxylic acids is 2. The predicted molar refractivity (Wildman–Crippen MR) is 105 cm³/mol. The molecule has 0 saturated carbocycles. The van der Waals surface area contributed by atoms with Crippen LogP contribution in [-0.2, 0) is 20.4 Å². The van der Waals surface area contributed by atoms with Crippen molar-refractivity contribution in [2.45, 2.75) is 65.3 Å². The van der Waals surface area contributed by atoms with Crippen molar-refractivity contribution >= 4 is 12.0 Å². The van der Waals surface area contributed by atoms with Crippen molar-refractivity contribution in [2.75, 3.05) is 7.11 Å². The zero-order valence-corrected chi connectivity index (χ0v) is 17.4. The summed E-state index contributed by atoms with van der Waals surface area (Å²) in [6, 6.07) is 2.68. The highest BCUT2D eigenvalue weighted by Gasteiger charge is 2.35. The van der Waals surface area contributed by atoms with Gasteiger partial charge >= 0.3 is 12.0 Å². The third-order valence-corrected chi connectivity index (χ3v) is 4.76. The number of allylic oxidation sites excluding steroid dienone is 1. The van der Waals surface area contributed by atoms with Crippen LogP contribution in [0.15, 0.2) is 23.4 Å². The van der Waals surface area contributed by atoms with Gasteiger partial charge in [-0.2, -0.15) is 0 Å². The Labute approximate surface area is 161 Å². The Kier molecular flexibility index (Phi) is 5.32. The normalized spacial score (nSPS) is 18.1. The van der Waals surface area contributed by atoms with Crippen molar-refractivity contribution in [3.05, 3.63) is 40.1 Å². The summed E-state index contributed by atoms with van der Waals surface area (Å²) in [7, 11) is 1.31. The summed E-state index contributed by atoms with van der Waals surface area (Å²) < 4.78 is 4.93. The molecule has 0 saturated heterocycles. The fourth-order valence-corrected chi connectivity index (χ4v) is 3.29. The van der Waals surface area contributed by atoms with Crippen LogP contribution in [0.4, 0.5) is 4.79 Å². The Balaban J connectivity index is 2.78. The molecule has 2 rings (SSSR count). The van der Waals surface area contributed by atoms with E-state index < -0.39 is 12.0 Å². The molecule has 1 aliphatic rings. The molecule has 1 atom stereocenters. The van der Waals surface area contributed by atoms with E-state index in [0.717, 1.165) is 16.7 Å². The van der Waals surface area contributed by atoms with Gasteiger partial charge in [0.25, 0.3) is 0 Å². The van der Waals surface area contributed by atoms with Crippen molar-refractivity contribution in [1.82, 2.24) is 10.6 Å². The van der Waals surface area contributed by atoms with Gasteiger partial charge in [-0.15, -0.1) is 0 Å². The van der Waals surface area contributed by atoms with Crippen LogP contribution in [0.1, 0.15) is 71.2 Å². The minimum atomic E-state index is -0.658. The standard InChI is InChI=1S/C21H30N2O4/c1-11-15(18(25)27-8)16(23-19(26)22-11)12-9-13(20(2,3)4)17(24)14(10-12)21(5,6)7/h9-10,16,24H,1-8H3,(H2,22,23,26)/t16-/m1/s1. The molecule has 2 amide bonds. The number of carbonyl (C=O) groups is 2. The molecule has 0 radical (unpaired) electrons. The zero-order chi connectivity index (χ0) is 20.7. The number of esters is 1. The van der Waals surface area contributed by atoms with Crippen molar-refractivity contribution < 1.29 is 19.4 Å². The number of methoxy groups -OCH3 is 1. The van der Waals surface area contributed by atoms with Gasteiger partial charge in [0, 0.05) is 5.70 Å². The van der Waals surface area contributed by atoms with Crippen LogP contribution in [0.25, 0.3) is 0 Å². The third kappa shape index (κ3) is 4.10. The Morgan fingerprint density at radius 3 is 1.96 bits per heavy atom. The van der Waals surface area contributed by atoms with Crippen molar-refractivity contribution in [3.63, 3.8) is 0 Å². The minimum absolute atomic E-state index is 0.249. The summed E-state index contributed by atoms with van der Waals surface area (Å²) in [4.78, 5) is 24.5. The lowest BCUT2D eigenvalue weighted by Gasteiger charge is -2.32. The van der Waals surface area contributed by atoms with Gasteiger partial charge in [-0.25, -0.2) is 9.59 Å². The summed E-state index contributed by atoms with van der Waals surface area (Å²) >= 11 is 0. The number of rotatable bonds is 2. The Bertz CT molecular complexity index is 775. The van der Waals surface area contributed by atoms with E-state index in [-0.39, 0.29) is 22.6 Å². The molecule has 0 aliphatic carbocycles. The number of phenolic OH excluding ortho intramolecular Hbond substituents is 1. The number of hydrogen-bond donors (Lipinski definition) is 3. The second-order valence-corrected chi connectivity index (χ2v) is 9.03. The van der Waals surface area contributed by atoms with Crippen molar-refractivity contribution in [3.8, 4) is 5.75 Å². The van der Waals surface area contributed by atoms with Crippen LogP contribution in [-0.4, -0.2) is 24.2 Å². The summed E-state index contributed by atoms with van der Waals surface area (Å²) in [5.41, 5.74) is 2.43. The molecule has 1 aliphatic heterocycles. The van der Waals surface area contributed by atoms with Gasteiger partial charge in [0.2, 0.25) is 0 Å². The molecule has 1 aromatic carbocycles. The van der Waals surface area contributed by atoms with E-state index in [1.807, 2.05) is 53.7 Å². The van der Waals surface area contributed by atoms with E-state index in [4.69, 9.17) is 4.74 Å². The van der Waals surface area contributed by atoms with Gasteiger partial charge in [-0.05, 0) is 46.6 Å². The lowest BCUT2D eigenvalue weighted by Crippen LogP contribution is -2.45. The SMILES string of the molecule is COC(=O)C1=C(C)NC(=O)N[C@@H]1c1cc(C(C)(C)C)c(O)c(C(C)(C)C)c1. The Morgan fingerprint density at radius 1 is 1.07 bits per heavy atom. The van der Waals surface area contributed by atoms with E-state index in [1.165, 1.54) is 7.11 Å². The van der Waals surface area contributed by atoms with Crippen LogP contribution in [0, 0.1) is 0 Å². The molecule has 1 aromatic rings. The summed E-state index contributed by atoms with van der Waals surface area (Å²) in [6.07, 6.45) is 0. The monoisotopic (exact) mass is 374 g/mol. The van der Waals surface area contributed by atoms with Crippen molar-refractivity contribution in [2.24, 2.45) is 0 Å². The van der Waals surface area contributed by atoms with Crippen LogP contribution >= 0.6 is 0 Å². The third-order valence-electron chi connectivity index (χ3n) is 4.76. The number of benzene rings is 1. The van der Waals surface area contributed by atoms with Gasteiger partial charge in [-0.1, -0.05) is 41.5 Å². The topological polar surface area (TPSA) is 87.7 Å². The number of ether oxygens (including phenoxy) is 1. The molecule has 0 fully saturated rings. The number of hydrogen-bond acceptors (Lipinski definition) is 4. The maximum Gasteiger partial charge on any atom is 0.337 e. The molecule has 0 aromatic heterocycles. The highest BCUT2D eigenvalue weighted by molar-refractivity contribution is 5.95. The van der Waals surface area contributed by atoms with Crippen LogP contribution < -0.4 is 10.6 Å². The molecular weight excluding hydrogens is 344 g/mol. The molecule has 6 heteroatoms. The second kappa shape index (κ2) is 6.91. The maximum absolute atomic E-state index is 12.4. The molecule has 6 nitrogen and oxygen atoms in total. The maximum atomic E-state index is 12.4. The quantitative estimate of drug-likeness (QED) is 0.687. The molecule has 0 spiro atoms. The zero-order valence-electron chi connectivity index (χ0n) is 17.4. The fourth-order valence-electron chi connectivity index (χ4n) is 3.29.